The topological polar surface area (TPSA) is 73.6 Å². The molecule has 0 atom stereocenters. The molecule has 1 aromatic carbocycles. The maximum atomic E-state index is 11.5. The average molecular weight is 392 g/mol. The first-order valence-corrected chi connectivity index (χ1v) is 10.2. The second-order valence-corrected chi connectivity index (χ2v) is 7.83. The molecule has 3 heterocycles. The Morgan fingerprint density at radius 1 is 1.21 bits per heavy atom. The van der Waals surface area contributed by atoms with Crippen molar-refractivity contribution in [2.24, 2.45) is 0 Å². The summed E-state index contributed by atoms with van der Waals surface area (Å²) in [6, 6.07) is 9.51. The molecule has 5 rings (SSSR count). The lowest BCUT2D eigenvalue weighted by Gasteiger charge is -2.23. The van der Waals surface area contributed by atoms with Crippen LogP contribution in [0.4, 0.5) is 0 Å². The van der Waals surface area contributed by atoms with Crippen molar-refractivity contribution in [2.45, 2.75) is 44.6 Å². The zero-order chi connectivity index (χ0) is 20.0. The van der Waals surface area contributed by atoms with Gasteiger partial charge in [-0.2, -0.15) is 0 Å². The lowest BCUT2D eigenvalue weighted by molar-refractivity contribution is 0.0691. The van der Waals surface area contributed by atoms with Crippen LogP contribution in [0.1, 0.15) is 54.1 Å². The highest BCUT2D eigenvalue weighted by Crippen LogP contribution is 2.47. The molecule has 0 saturated heterocycles. The molecule has 3 aromatic rings. The molecule has 6 heteroatoms. The number of ether oxygens (including phenoxy) is 2. The fraction of sp³-hybridized carbons (Fsp3) is 0.391. The minimum atomic E-state index is -1.00. The number of rotatable bonds is 3. The molecule has 1 aliphatic heterocycles. The van der Waals surface area contributed by atoms with Crippen molar-refractivity contribution in [3.63, 3.8) is 0 Å². The molecule has 6 nitrogen and oxygen atoms in total. The molecule has 29 heavy (non-hydrogen) atoms. The van der Waals surface area contributed by atoms with E-state index in [0.29, 0.717) is 19.1 Å². The summed E-state index contributed by atoms with van der Waals surface area (Å²) in [6.07, 6.45) is 6.04. The van der Waals surface area contributed by atoms with Gasteiger partial charge in [-0.3, -0.25) is 0 Å². The Labute approximate surface area is 169 Å². The molecule has 0 amide bonds. The minimum absolute atomic E-state index is 0.0770. The summed E-state index contributed by atoms with van der Waals surface area (Å²) in [5.74, 6) is 1.02. The van der Waals surface area contributed by atoms with Gasteiger partial charge in [0.2, 0.25) is 0 Å². The van der Waals surface area contributed by atoms with Crippen molar-refractivity contribution >= 4 is 17.0 Å². The van der Waals surface area contributed by atoms with E-state index in [2.05, 4.69) is 15.6 Å². The van der Waals surface area contributed by atoms with Gasteiger partial charge in [0.1, 0.15) is 23.8 Å². The summed E-state index contributed by atoms with van der Waals surface area (Å²) in [5.41, 5.74) is 4.26. The van der Waals surface area contributed by atoms with Crippen molar-refractivity contribution in [3.8, 4) is 22.8 Å². The standard InChI is InChI=1S/C23H24N2O4/c1-28-15-7-8-16-19(13-15)29-12-11-25-21(16)20(14-5-3-2-4-6-14)17-9-10-18(23(26)27)24-22(17)25/h7-10,13-14H,2-6,11-12H2,1H3,(H,26,27). The largest absolute Gasteiger partial charge is 0.497 e. The highest BCUT2D eigenvalue weighted by molar-refractivity contribution is 5.95. The third kappa shape index (κ3) is 2.94. The zero-order valence-electron chi connectivity index (χ0n) is 16.5. The summed E-state index contributed by atoms with van der Waals surface area (Å²) in [7, 11) is 1.65. The van der Waals surface area contributed by atoms with Gasteiger partial charge in [-0.1, -0.05) is 19.3 Å². The van der Waals surface area contributed by atoms with Crippen LogP contribution >= 0.6 is 0 Å². The Morgan fingerprint density at radius 2 is 2.03 bits per heavy atom. The molecule has 2 aromatic heterocycles. The summed E-state index contributed by atoms with van der Waals surface area (Å²) >= 11 is 0. The summed E-state index contributed by atoms with van der Waals surface area (Å²) in [6.45, 7) is 1.13. The minimum Gasteiger partial charge on any atom is -0.497 e. The van der Waals surface area contributed by atoms with E-state index in [1.165, 1.54) is 24.8 Å². The molecule has 1 fully saturated rings. The molecule has 0 spiro atoms. The van der Waals surface area contributed by atoms with Gasteiger partial charge < -0.3 is 19.1 Å². The van der Waals surface area contributed by atoms with Gasteiger partial charge >= 0.3 is 5.97 Å². The lowest BCUT2D eigenvalue weighted by atomic mass is 9.82. The third-order valence-corrected chi connectivity index (χ3v) is 6.19. The first-order chi connectivity index (χ1) is 14.2. The van der Waals surface area contributed by atoms with Crippen molar-refractivity contribution in [1.29, 1.82) is 0 Å². The summed E-state index contributed by atoms with van der Waals surface area (Å²) < 4.78 is 13.6. The van der Waals surface area contributed by atoms with Gasteiger partial charge in [0.15, 0.2) is 5.69 Å². The van der Waals surface area contributed by atoms with Gasteiger partial charge in [0.05, 0.1) is 19.3 Å². The van der Waals surface area contributed by atoms with Gasteiger partial charge in [-0.25, -0.2) is 9.78 Å². The fourth-order valence-corrected chi connectivity index (χ4v) is 4.87. The van der Waals surface area contributed by atoms with E-state index >= 15 is 0 Å². The number of pyridine rings is 1. The molecule has 0 bridgehead atoms. The molecular weight excluding hydrogens is 368 g/mol. The van der Waals surface area contributed by atoms with Crippen LogP contribution in [0.3, 0.4) is 0 Å². The number of aromatic carboxylic acids is 1. The van der Waals surface area contributed by atoms with Crippen molar-refractivity contribution in [2.75, 3.05) is 13.7 Å². The third-order valence-electron chi connectivity index (χ3n) is 6.19. The quantitative estimate of drug-likeness (QED) is 0.690. The normalized spacial score (nSPS) is 16.6. The Hall–Kier alpha value is -3.02. The van der Waals surface area contributed by atoms with Gasteiger partial charge in [0.25, 0.3) is 0 Å². The predicted molar refractivity (Wildman–Crippen MR) is 110 cm³/mol. The molecular formula is C23H24N2O4. The fourth-order valence-electron chi connectivity index (χ4n) is 4.87. The Balaban J connectivity index is 1.81. The Kier molecular flexibility index (Phi) is 4.42. The zero-order valence-corrected chi connectivity index (χ0v) is 16.5. The van der Waals surface area contributed by atoms with Crippen molar-refractivity contribution in [3.05, 3.63) is 41.6 Å². The SMILES string of the molecule is COc1ccc2c(c1)OCCn1c-2c(C2CCCCC2)c2ccc(C(=O)O)nc21. The van der Waals surface area contributed by atoms with Crippen LogP contribution < -0.4 is 9.47 Å². The number of hydrogen-bond donors (Lipinski definition) is 1. The predicted octanol–water partition coefficient (Wildman–Crippen LogP) is 4.85. The number of hydrogen-bond acceptors (Lipinski definition) is 4. The van der Waals surface area contributed by atoms with Gasteiger partial charge in [-0.15, -0.1) is 0 Å². The highest BCUT2D eigenvalue weighted by Gasteiger charge is 2.30. The lowest BCUT2D eigenvalue weighted by Crippen LogP contribution is -2.08. The van der Waals surface area contributed by atoms with Crippen LogP contribution in [0, 0.1) is 0 Å². The number of carboxylic acids is 1. The number of benzene rings is 1. The molecule has 1 N–H and O–H groups in total. The monoisotopic (exact) mass is 392 g/mol. The van der Waals surface area contributed by atoms with Crippen LogP contribution in [-0.2, 0) is 6.54 Å². The Bertz CT molecular complexity index is 1100. The first kappa shape index (κ1) is 18.0. The van der Waals surface area contributed by atoms with E-state index in [9.17, 15) is 9.90 Å². The smallest absolute Gasteiger partial charge is 0.354 e. The van der Waals surface area contributed by atoms with Crippen LogP contribution in [0.5, 0.6) is 11.5 Å². The molecule has 1 aliphatic carbocycles. The average Bonchev–Trinajstić information content (AvgIpc) is 2.95. The first-order valence-electron chi connectivity index (χ1n) is 10.2. The van der Waals surface area contributed by atoms with E-state index in [1.807, 2.05) is 18.2 Å². The van der Waals surface area contributed by atoms with E-state index in [0.717, 1.165) is 46.6 Å². The molecule has 1 saturated carbocycles. The van der Waals surface area contributed by atoms with Crippen molar-refractivity contribution in [1.82, 2.24) is 9.55 Å². The van der Waals surface area contributed by atoms with E-state index in [-0.39, 0.29) is 5.69 Å². The number of carboxylic acid groups (broad SMARTS) is 1. The van der Waals surface area contributed by atoms with Crippen LogP contribution in [-0.4, -0.2) is 34.3 Å². The molecule has 0 unspecified atom stereocenters. The molecule has 0 radical (unpaired) electrons. The number of fused-ring (bicyclic) bond motifs is 5. The van der Waals surface area contributed by atoms with E-state index < -0.39 is 5.97 Å². The van der Waals surface area contributed by atoms with Gasteiger partial charge in [0, 0.05) is 17.0 Å². The highest BCUT2D eigenvalue weighted by atomic mass is 16.5. The van der Waals surface area contributed by atoms with E-state index in [1.54, 1.807) is 13.2 Å². The number of methoxy groups -OCH3 is 1. The maximum absolute atomic E-state index is 11.5. The van der Waals surface area contributed by atoms with Crippen molar-refractivity contribution < 1.29 is 19.4 Å². The summed E-state index contributed by atoms with van der Waals surface area (Å²) in [4.78, 5) is 16.1. The van der Waals surface area contributed by atoms with Gasteiger partial charge in [-0.05, 0) is 48.6 Å². The molecule has 2 aliphatic rings. The number of nitrogens with zero attached hydrogens (tertiary/aromatic N) is 2. The van der Waals surface area contributed by atoms with E-state index in [4.69, 9.17) is 9.47 Å². The van der Waals surface area contributed by atoms with Crippen LogP contribution in [0.2, 0.25) is 0 Å². The maximum Gasteiger partial charge on any atom is 0.354 e. The molecule has 150 valence electrons. The second-order valence-electron chi connectivity index (χ2n) is 7.83. The Morgan fingerprint density at radius 3 is 2.79 bits per heavy atom. The second kappa shape index (κ2) is 7.10. The number of aromatic nitrogens is 2. The van der Waals surface area contributed by atoms with Crippen LogP contribution in [0.15, 0.2) is 30.3 Å². The van der Waals surface area contributed by atoms with Crippen LogP contribution in [0.25, 0.3) is 22.3 Å². The number of carbonyl (C=O) groups is 1. The summed E-state index contributed by atoms with van der Waals surface area (Å²) in [5, 5.41) is 10.5.